The van der Waals surface area contributed by atoms with Gasteiger partial charge in [0.2, 0.25) is 0 Å². The number of aryl methyl sites for hydroxylation is 1. The van der Waals surface area contributed by atoms with E-state index in [-0.39, 0.29) is 5.82 Å². The molecule has 0 fully saturated rings. The molecule has 0 aliphatic rings. The number of benzene rings is 2. The van der Waals surface area contributed by atoms with E-state index in [9.17, 15) is 4.39 Å². The zero-order chi connectivity index (χ0) is 14.7. The third-order valence-electron chi connectivity index (χ3n) is 3.23. The van der Waals surface area contributed by atoms with Gasteiger partial charge >= 0.3 is 0 Å². The second kappa shape index (κ2) is 6.38. The van der Waals surface area contributed by atoms with Crippen molar-refractivity contribution in [3.8, 4) is 11.1 Å². The van der Waals surface area contributed by atoms with Gasteiger partial charge in [0.05, 0.1) is 5.02 Å². The van der Waals surface area contributed by atoms with Crippen molar-refractivity contribution in [2.24, 2.45) is 0 Å². The van der Waals surface area contributed by atoms with Crippen molar-refractivity contribution in [1.82, 2.24) is 5.32 Å². The van der Waals surface area contributed by atoms with Gasteiger partial charge in [0, 0.05) is 18.2 Å². The summed E-state index contributed by atoms with van der Waals surface area (Å²) in [5.74, 6) is -0.311. The topological polar surface area (TPSA) is 12.0 Å². The van der Waals surface area contributed by atoms with Crippen molar-refractivity contribution in [2.45, 2.75) is 33.4 Å². The van der Waals surface area contributed by atoms with Gasteiger partial charge in [-0.3, -0.25) is 0 Å². The lowest BCUT2D eigenvalue weighted by atomic mass is 9.98. The molecule has 1 N–H and O–H groups in total. The minimum Gasteiger partial charge on any atom is -0.310 e. The molecular weight excluding hydrogens is 273 g/mol. The minimum absolute atomic E-state index is 0.311. The monoisotopic (exact) mass is 291 g/mol. The van der Waals surface area contributed by atoms with Gasteiger partial charge < -0.3 is 5.32 Å². The van der Waals surface area contributed by atoms with Gasteiger partial charge in [0.1, 0.15) is 5.82 Å². The number of hydrogen-bond donors (Lipinski definition) is 1. The van der Waals surface area contributed by atoms with Crippen molar-refractivity contribution in [1.29, 1.82) is 0 Å². The van der Waals surface area contributed by atoms with E-state index < -0.39 is 0 Å². The van der Waals surface area contributed by atoms with Crippen LogP contribution in [0.2, 0.25) is 5.02 Å². The van der Waals surface area contributed by atoms with Crippen LogP contribution in [0.1, 0.15) is 25.0 Å². The lowest BCUT2D eigenvalue weighted by molar-refractivity contribution is 0.589. The lowest BCUT2D eigenvalue weighted by Crippen LogP contribution is -2.21. The lowest BCUT2D eigenvalue weighted by Gasteiger charge is -2.12. The summed E-state index contributed by atoms with van der Waals surface area (Å²) in [6.07, 6.45) is 0. The molecule has 0 heterocycles. The van der Waals surface area contributed by atoms with Gasteiger partial charge in [-0.2, -0.15) is 0 Å². The Kier molecular flexibility index (Phi) is 4.79. The second-order valence-electron chi connectivity index (χ2n) is 5.31. The Hall–Kier alpha value is -1.38. The Labute approximate surface area is 124 Å². The second-order valence-corrected chi connectivity index (χ2v) is 5.72. The Balaban J connectivity index is 2.29. The summed E-state index contributed by atoms with van der Waals surface area (Å²) >= 11 is 6.13. The maximum atomic E-state index is 13.1. The summed E-state index contributed by atoms with van der Waals surface area (Å²) in [5, 5.41) is 3.84. The van der Waals surface area contributed by atoms with E-state index in [0.717, 1.165) is 23.2 Å². The predicted octanol–water partition coefficient (Wildman–Crippen LogP) is 4.95. The van der Waals surface area contributed by atoms with Crippen molar-refractivity contribution in [3.05, 3.63) is 58.4 Å². The van der Waals surface area contributed by atoms with Crippen LogP contribution in [0.3, 0.4) is 0 Å². The molecule has 0 aromatic heterocycles. The van der Waals surface area contributed by atoms with Crippen LogP contribution in [0, 0.1) is 12.7 Å². The molecule has 0 unspecified atom stereocenters. The summed E-state index contributed by atoms with van der Waals surface area (Å²) in [6.45, 7) is 7.14. The minimum atomic E-state index is -0.311. The quantitative estimate of drug-likeness (QED) is 0.840. The van der Waals surface area contributed by atoms with Gasteiger partial charge in [-0.25, -0.2) is 4.39 Å². The maximum Gasteiger partial charge on any atom is 0.124 e. The Bertz CT molecular complexity index is 608. The largest absolute Gasteiger partial charge is 0.310 e. The van der Waals surface area contributed by atoms with Crippen LogP contribution in [0.5, 0.6) is 0 Å². The van der Waals surface area contributed by atoms with E-state index in [1.807, 2.05) is 13.0 Å². The fourth-order valence-corrected chi connectivity index (χ4v) is 2.44. The molecule has 3 heteroatoms. The summed E-state index contributed by atoms with van der Waals surface area (Å²) < 4.78 is 13.1. The van der Waals surface area contributed by atoms with Crippen LogP contribution in [0.25, 0.3) is 11.1 Å². The van der Waals surface area contributed by atoms with Crippen LogP contribution in [-0.4, -0.2) is 6.04 Å². The summed E-state index contributed by atoms with van der Waals surface area (Å²) in [7, 11) is 0. The highest BCUT2D eigenvalue weighted by atomic mass is 35.5. The van der Waals surface area contributed by atoms with E-state index in [0.29, 0.717) is 11.1 Å². The summed E-state index contributed by atoms with van der Waals surface area (Å²) in [6, 6.07) is 11.3. The first kappa shape index (κ1) is 15.0. The van der Waals surface area contributed by atoms with Gasteiger partial charge in [-0.1, -0.05) is 43.6 Å². The molecule has 1 nitrogen and oxygen atoms in total. The van der Waals surface area contributed by atoms with Crippen LogP contribution in [-0.2, 0) is 6.54 Å². The molecule has 0 saturated heterocycles. The van der Waals surface area contributed by atoms with Crippen molar-refractivity contribution < 1.29 is 4.39 Å². The SMILES string of the molecule is Cc1cc(CNC(C)C)ccc1-c1ccc(F)cc1Cl. The molecule has 0 spiro atoms. The van der Waals surface area contributed by atoms with Gasteiger partial charge in [0.15, 0.2) is 0 Å². The molecule has 20 heavy (non-hydrogen) atoms. The third-order valence-corrected chi connectivity index (χ3v) is 3.54. The van der Waals surface area contributed by atoms with Crippen LogP contribution >= 0.6 is 11.6 Å². The number of rotatable bonds is 4. The van der Waals surface area contributed by atoms with E-state index >= 15 is 0 Å². The molecular formula is C17H19ClFN. The van der Waals surface area contributed by atoms with Crippen LogP contribution in [0.4, 0.5) is 4.39 Å². The zero-order valence-corrected chi connectivity index (χ0v) is 12.8. The molecule has 106 valence electrons. The fraction of sp³-hybridized carbons (Fsp3) is 0.294. The average molecular weight is 292 g/mol. The molecule has 0 amide bonds. The standard InChI is InChI=1S/C17H19ClFN/c1-11(2)20-10-13-4-6-15(12(3)8-13)16-7-5-14(19)9-17(16)18/h4-9,11,20H,10H2,1-3H3. The van der Waals surface area contributed by atoms with Gasteiger partial charge in [-0.15, -0.1) is 0 Å². The molecule has 0 bridgehead atoms. The predicted molar refractivity (Wildman–Crippen MR) is 83.6 cm³/mol. The first-order chi connectivity index (χ1) is 9.47. The first-order valence-corrected chi connectivity index (χ1v) is 7.13. The third kappa shape index (κ3) is 3.59. The number of hydrogen-bond acceptors (Lipinski definition) is 1. The van der Waals surface area contributed by atoms with Crippen LogP contribution < -0.4 is 5.32 Å². The number of nitrogens with one attached hydrogen (secondary N) is 1. The molecule has 0 radical (unpaired) electrons. The Morgan fingerprint density at radius 1 is 1.10 bits per heavy atom. The molecule has 0 saturated carbocycles. The Morgan fingerprint density at radius 2 is 1.80 bits per heavy atom. The number of halogens is 2. The molecule has 0 aliphatic carbocycles. The smallest absolute Gasteiger partial charge is 0.124 e. The highest BCUT2D eigenvalue weighted by Crippen LogP contribution is 2.31. The average Bonchev–Trinajstić information content (AvgIpc) is 2.37. The van der Waals surface area contributed by atoms with Crippen LogP contribution in [0.15, 0.2) is 36.4 Å². The van der Waals surface area contributed by atoms with Gasteiger partial charge in [-0.05, 0) is 41.8 Å². The van der Waals surface area contributed by atoms with E-state index in [4.69, 9.17) is 11.6 Å². The molecule has 2 aromatic carbocycles. The maximum absolute atomic E-state index is 13.1. The Morgan fingerprint density at radius 3 is 2.40 bits per heavy atom. The van der Waals surface area contributed by atoms with Crippen molar-refractivity contribution in [2.75, 3.05) is 0 Å². The van der Waals surface area contributed by atoms with E-state index in [2.05, 4.69) is 31.3 Å². The molecule has 0 atom stereocenters. The van der Waals surface area contributed by atoms with E-state index in [1.165, 1.54) is 17.7 Å². The van der Waals surface area contributed by atoms with Crippen molar-refractivity contribution >= 4 is 11.6 Å². The summed E-state index contributed by atoms with van der Waals surface area (Å²) in [5.41, 5.74) is 4.29. The first-order valence-electron chi connectivity index (χ1n) is 6.75. The summed E-state index contributed by atoms with van der Waals surface area (Å²) in [4.78, 5) is 0. The van der Waals surface area contributed by atoms with E-state index in [1.54, 1.807) is 6.07 Å². The highest BCUT2D eigenvalue weighted by Gasteiger charge is 2.08. The zero-order valence-electron chi connectivity index (χ0n) is 12.0. The highest BCUT2D eigenvalue weighted by molar-refractivity contribution is 6.33. The normalized spacial score (nSPS) is 11.1. The van der Waals surface area contributed by atoms with Gasteiger partial charge in [0.25, 0.3) is 0 Å². The molecule has 0 aliphatic heterocycles. The fourth-order valence-electron chi connectivity index (χ4n) is 2.17. The molecule has 2 rings (SSSR count). The molecule has 2 aromatic rings. The van der Waals surface area contributed by atoms with Crippen molar-refractivity contribution in [3.63, 3.8) is 0 Å².